The van der Waals surface area contributed by atoms with Gasteiger partial charge in [0.15, 0.2) is 5.88 Å². The van der Waals surface area contributed by atoms with E-state index in [1.165, 1.54) is 6.08 Å². The molecule has 0 saturated heterocycles. The van der Waals surface area contributed by atoms with Gasteiger partial charge in [-0.05, 0) is 6.58 Å². The molecule has 0 spiro atoms. The quantitative estimate of drug-likeness (QED) is 0.440. The van der Waals surface area contributed by atoms with Crippen LogP contribution in [0.2, 0.25) is 0 Å². The summed E-state index contributed by atoms with van der Waals surface area (Å²) in [7, 11) is 1.76. The van der Waals surface area contributed by atoms with Gasteiger partial charge in [0.25, 0.3) is 0 Å². The Kier molecular flexibility index (Phi) is 1.26. The van der Waals surface area contributed by atoms with Crippen molar-refractivity contribution in [2.45, 2.75) is 0 Å². The van der Waals surface area contributed by atoms with Gasteiger partial charge in [0.05, 0.1) is 0 Å². The molecule has 48 valence electrons. The molecule has 1 heterocycles. The number of hydrogen-bond donors (Lipinski definition) is 0. The zero-order valence-corrected chi connectivity index (χ0v) is 5.13. The van der Waals surface area contributed by atoms with Crippen LogP contribution in [0.3, 0.4) is 0 Å². The van der Waals surface area contributed by atoms with Gasteiger partial charge < -0.3 is 9.64 Å². The largest absolute Gasteiger partial charge is 0.407 e. The van der Waals surface area contributed by atoms with E-state index in [2.05, 4.69) is 11.3 Å². The molecule has 3 heteroatoms. The van der Waals surface area contributed by atoms with Crippen LogP contribution in [-0.4, -0.2) is 17.9 Å². The molecule has 0 fully saturated rings. The monoisotopic (exact) mass is 125 g/mol. The minimum absolute atomic E-state index is 0.363. The maximum atomic E-state index is 10.4. The van der Waals surface area contributed by atoms with Gasteiger partial charge in [-0.15, -0.1) is 0 Å². The summed E-state index contributed by atoms with van der Waals surface area (Å²) in [6.45, 7) is 3.48. The molecule has 0 radical (unpaired) electrons. The fourth-order valence-electron chi connectivity index (χ4n) is 0.478. The average molecular weight is 125 g/mol. The van der Waals surface area contributed by atoms with E-state index >= 15 is 0 Å². The van der Waals surface area contributed by atoms with Gasteiger partial charge in [-0.25, -0.2) is 4.79 Å². The molecule has 0 bridgehead atoms. The predicted octanol–water partition coefficient (Wildman–Crippen LogP) is 0.460. The lowest BCUT2D eigenvalue weighted by molar-refractivity contribution is -0.136. The molecule has 9 heavy (non-hydrogen) atoms. The Morgan fingerprint density at radius 3 is 2.89 bits per heavy atom. The summed E-state index contributed by atoms with van der Waals surface area (Å²) < 4.78 is 4.60. The van der Waals surface area contributed by atoms with Crippen LogP contribution in [0, 0.1) is 0 Å². The third-order valence-electron chi connectivity index (χ3n) is 1.05. The molecule has 0 N–H and O–H groups in total. The van der Waals surface area contributed by atoms with Crippen molar-refractivity contribution in [2.24, 2.45) is 0 Å². The Morgan fingerprint density at radius 2 is 2.44 bits per heavy atom. The average Bonchev–Trinajstić information content (AvgIpc) is 1.80. The molecule has 0 aromatic rings. The maximum Gasteiger partial charge on any atom is 0.338 e. The molecule has 3 nitrogen and oxygen atoms in total. The third kappa shape index (κ3) is 1.10. The topological polar surface area (TPSA) is 29.5 Å². The minimum Gasteiger partial charge on any atom is -0.407 e. The number of carbonyl (C=O) groups excluding carboxylic acids is 1. The number of carbonyl (C=O) groups is 1. The second-order valence-corrected chi connectivity index (χ2v) is 1.74. The molecular weight excluding hydrogens is 118 g/mol. The van der Waals surface area contributed by atoms with Crippen LogP contribution in [0.25, 0.3) is 0 Å². The number of rotatable bonds is 0. The van der Waals surface area contributed by atoms with Crippen molar-refractivity contribution < 1.29 is 9.53 Å². The van der Waals surface area contributed by atoms with Crippen molar-refractivity contribution >= 4 is 5.97 Å². The molecule has 0 atom stereocenters. The summed E-state index contributed by atoms with van der Waals surface area (Å²) >= 11 is 0. The lowest BCUT2D eigenvalue weighted by atomic mass is 10.5. The first-order valence-corrected chi connectivity index (χ1v) is 2.52. The Morgan fingerprint density at radius 1 is 1.78 bits per heavy atom. The van der Waals surface area contributed by atoms with Gasteiger partial charge in [0, 0.05) is 19.3 Å². The van der Waals surface area contributed by atoms with E-state index in [9.17, 15) is 4.79 Å². The van der Waals surface area contributed by atoms with Gasteiger partial charge in [0.2, 0.25) is 0 Å². The second-order valence-electron chi connectivity index (χ2n) is 1.74. The fraction of sp³-hybridized carbons (Fsp3) is 0.167. The van der Waals surface area contributed by atoms with Crippen LogP contribution in [0.15, 0.2) is 24.7 Å². The van der Waals surface area contributed by atoms with Crippen LogP contribution in [0.5, 0.6) is 0 Å². The number of nitrogens with zero attached hydrogens (tertiary/aromatic N) is 1. The van der Waals surface area contributed by atoms with Gasteiger partial charge in [-0.2, -0.15) is 0 Å². The summed E-state index contributed by atoms with van der Waals surface area (Å²) in [5.74, 6) is 0.000556. The molecule has 0 saturated carbocycles. The highest BCUT2D eigenvalue weighted by molar-refractivity contribution is 5.83. The number of hydrogen-bond acceptors (Lipinski definition) is 3. The summed E-state index contributed by atoms with van der Waals surface area (Å²) in [5, 5.41) is 0. The SMILES string of the molecule is C=C1OC(=O)C=CN1C. The van der Waals surface area contributed by atoms with Crippen LogP contribution < -0.4 is 0 Å². The number of esters is 1. The van der Waals surface area contributed by atoms with Gasteiger partial charge in [-0.1, -0.05) is 0 Å². The van der Waals surface area contributed by atoms with Crippen molar-refractivity contribution in [1.82, 2.24) is 4.90 Å². The smallest absolute Gasteiger partial charge is 0.338 e. The van der Waals surface area contributed by atoms with E-state index in [1.807, 2.05) is 0 Å². The normalized spacial score (nSPS) is 18.1. The first-order valence-electron chi connectivity index (χ1n) is 2.52. The molecule has 1 rings (SSSR count). The predicted molar refractivity (Wildman–Crippen MR) is 32.1 cm³/mol. The number of cyclic esters (lactones) is 1. The highest BCUT2D eigenvalue weighted by Crippen LogP contribution is 2.06. The highest BCUT2D eigenvalue weighted by atomic mass is 16.6. The van der Waals surface area contributed by atoms with Crippen molar-refractivity contribution in [3.8, 4) is 0 Å². The van der Waals surface area contributed by atoms with Gasteiger partial charge >= 0.3 is 5.97 Å². The van der Waals surface area contributed by atoms with E-state index in [4.69, 9.17) is 0 Å². The van der Waals surface area contributed by atoms with Crippen LogP contribution in [0.4, 0.5) is 0 Å². The van der Waals surface area contributed by atoms with E-state index in [-0.39, 0.29) is 5.97 Å². The molecule has 0 amide bonds. The van der Waals surface area contributed by atoms with Gasteiger partial charge in [0.1, 0.15) is 0 Å². The van der Waals surface area contributed by atoms with Crippen LogP contribution >= 0.6 is 0 Å². The Hall–Kier alpha value is -1.25. The molecule has 0 aromatic heterocycles. The molecule has 0 aliphatic carbocycles. The second kappa shape index (κ2) is 1.93. The lowest BCUT2D eigenvalue weighted by Gasteiger charge is -2.18. The molecule has 1 aliphatic rings. The van der Waals surface area contributed by atoms with Gasteiger partial charge in [-0.3, -0.25) is 0 Å². The van der Waals surface area contributed by atoms with Crippen molar-refractivity contribution in [3.63, 3.8) is 0 Å². The highest BCUT2D eigenvalue weighted by Gasteiger charge is 2.09. The zero-order valence-electron chi connectivity index (χ0n) is 5.13. The molecule has 1 aliphatic heterocycles. The minimum atomic E-state index is -0.363. The number of ether oxygens (including phenoxy) is 1. The van der Waals surface area contributed by atoms with E-state index in [0.29, 0.717) is 5.88 Å². The molecular formula is C6H7NO2. The van der Waals surface area contributed by atoms with Crippen LogP contribution in [0.1, 0.15) is 0 Å². The van der Waals surface area contributed by atoms with Crippen molar-refractivity contribution in [1.29, 1.82) is 0 Å². The summed E-state index contributed by atoms with van der Waals surface area (Å²) in [4.78, 5) is 12.0. The Labute approximate surface area is 53.2 Å². The Balaban J connectivity index is 2.76. The first-order chi connectivity index (χ1) is 4.20. The summed E-state index contributed by atoms with van der Waals surface area (Å²) in [6.07, 6.45) is 2.95. The van der Waals surface area contributed by atoms with Crippen LogP contribution in [-0.2, 0) is 9.53 Å². The molecule has 0 aromatic carbocycles. The summed E-state index contributed by atoms with van der Waals surface area (Å²) in [5.41, 5.74) is 0. The van der Waals surface area contributed by atoms with E-state index in [1.54, 1.807) is 18.1 Å². The lowest BCUT2D eigenvalue weighted by Crippen LogP contribution is -2.19. The standard InChI is InChI=1S/C6H7NO2/c1-5-7(2)4-3-6(8)9-5/h3-4H,1H2,2H3. The third-order valence-corrected chi connectivity index (χ3v) is 1.05. The maximum absolute atomic E-state index is 10.4. The fourth-order valence-corrected chi connectivity index (χ4v) is 0.478. The van der Waals surface area contributed by atoms with Crippen molar-refractivity contribution in [2.75, 3.05) is 7.05 Å². The molecule has 0 unspecified atom stereocenters. The van der Waals surface area contributed by atoms with E-state index in [0.717, 1.165) is 0 Å². The van der Waals surface area contributed by atoms with Crippen molar-refractivity contribution in [3.05, 3.63) is 24.7 Å². The summed E-state index contributed by atoms with van der Waals surface area (Å²) in [6, 6.07) is 0. The zero-order chi connectivity index (χ0) is 6.85. The van der Waals surface area contributed by atoms with E-state index < -0.39 is 0 Å². The first kappa shape index (κ1) is 5.88. The Bertz CT molecular complexity index is 183.